The van der Waals surface area contributed by atoms with E-state index in [1.165, 1.54) is 6.07 Å². The van der Waals surface area contributed by atoms with E-state index >= 15 is 0 Å². The zero-order valence-electron chi connectivity index (χ0n) is 10.9. The molecule has 5 nitrogen and oxygen atoms in total. The molecule has 3 rings (SSSR count). The van der Waals surface area contributed by atoms with Crippen molar-refractivity contribution >= 4 is 16.7 Å². The lowest BCUT2D eigenvalue weighted by Gasteiger charge is -2.09. The lowest BCUT2D eigenvalue weighted by molar-refractivity contribution is -0.387. The summed E-state index contributed by atoms with van der Waals surface area (Å²) < 4.78 is 38.9. The van der Waals surface area contributed by atoms with Crippen molar-refractivity contribution in [3.63, 3.8) is 0 Å². The van der Waals surface area contributed by atoms with E-state index in [-0.39, 0.29) is 11.4 Å². The summed E-state index contributed by atoms with van der Waals surface area (Å²) in [5.41, 5.74) is -1.39. The molecule has 112 valence electrons. The summed E-state index contributed by atoms with van der Waals surface area (Å²) in [6, 6.07) is 9.84. The normalized spacial score (nSPS) is 11.8. The van der Waals surface area contributed by atoms with Gasteiger partial charge < -0.3 is 4.98 Å². The molecule has 0 aliphatic heterocycles. The van der Waals surface area contributed by atoms with Crippen LogP contribution < -0.4 is 0 Å². The minimum absolute atomic E-state index is 0.0269. The van der Waals surface area contributed by atoms with Crippen molar-refractivity contribution in [1.29, 1.82) is 0 Å². The first-order valence-corrected chi connectivity index (χ1v) is 6.17. The summed E-state index contributed by atoms with van der Waals surface area (Å²) in [6.07, 6.45) is -4.82. The zero-order chi connectivity index (χ0) is 15.9. The number of aromatic amines is 1. The minimum atomic E-state index is -4.82. The molecule has 2 aromatic carbocycles. The summed E-state index contributed by atoms with van der Waals surface area (Å²) in [7, 11) is 0. The molecule has 1 heterocycles. The number of para-hydroxylation sites is 3. The predicted octanol–water partition coefficient (Wildman–Crippen LogP) is 4.16. The van der Waals surface area contributed by atoms with Crippen LogP contribution in [0, 0.1) is 10.1 Å². The van der Waals surface area contributed by atoms with E-state index < -0.39 is 22.4 Å². The van der Waals surface area contributed by atoms with Crippen molar-refractivity contribution < 1.29 is 18.1 Å². The van der Waals surface area contributed by atoms with Crippen molar-refractivity contribution in [2.45, 2.75) is 6.18 Å². The van der Waals surface area contributed by atoms with Crippen LogP contribution >= 0.6 is 0 Å². The molecular weight excluding hydrogens is 299 g/mol. The summed E-state index contributed by atoms with van der Waals surface area (Å²) in [4.78, 5) is 17.0. The molecule has 0 atom stereocenters. The third-order valence-electron chi connectivity index (χ3n) is 3.17. The molecule has 0 saturated carbocycles. The summed E-state index contributed by atoms with van der Waals surface area (Å²) >= 11 is 0. The Morgan fingerprint density at radius 2 is 1.82 bits per heavy atom. The molecule has 0 fully saturated rings. The number of imidazole rings is 1. The van der Waals surface area contributed by atoms with Crippen molar-refractivity contribution in [3.05, 3.63) is 58.1 Å². The smallest absolute Gasteiger partial charge is 0.338 e. The number of hydrogen-bond acceptors (Lipinski definition) is 3. The van der Waals surface area contributed by atoms with Crippen molar-refractivity contribution in [1.82, 2.24) is 9.97 Å². The maximum absolute atomic E-state index is 13.0. The van der Waals surface area contributed by atoms with E-state index in [1.807, 2.05) is 0 Å². The van der Waals surface area contributed by atoms with Gasteiger partial charge in [0.2, 0.25) is 0 Å². The molecule has 0 amide bonds. The van der Waals surface area contributed by atoms with E-state index in [1.54, 1.807) is 24.3 Å². The number of halogens is 3. The maximum atomic E-state index is 13.0. The first-order valence-electron chi connectivity index (χ1n) is 6.17. The molecule has 1 N–H and O–H groups in total. The molecule has 0 aliphatic carbocycles. The van der Waals surface area contributed by atoms with Crippen LogP contribution in [0.15, 0.2) is 42.5 Å². The van der Waals surface area contributed by atoms with Crippen molar-refractivity contribution in [2.24, 2.45) is 0 Å². The van der Waals surface area contributed by atoms with Gasteiger partial charge in [-0.2, -0.15) is 13.2 Å². The van der Waals surface area contributed by atoms with Crippen LogP contribution in [-0.4, -0.2) is 14.9 Å². The van der Waals surface area contributed by atoms with E-state index in [9.17, 15) is 23.3 Å². The van der Waals surface area contributed by atoms with Crippen LogP contribution in [0.3, 0.4) is 0 Å². The van der Waals surface area contributed by atoms with Crippen molar-refractivity contribution in [3.8, 4) is 11.4 Å². The predicted molar refractivity (Wildman–Crippen MR) is 73.2 cm³/mol. The summed E-state index contributed by atoms with van der Waals surface area (Å²) in [5.74, 6) is 0.0269. The molecule has 0 radical (unpaired) electrons. The molecule has 0 saturated heterocycles. The zero-order valence-corrected chi connectivity index (χ0v) is 10.9. The standard InChI is InChI=1S/C14H8F3N3O2/c15-14(16,17)9-5-3-4-8(12(9)20(21)22)13-18-10-6-1-2-7-11(10)19-13/h1-7H,(H,18,19). The van der Waals surface area contributed by atoms with Gasteiger partial charge in [0.25, 0.3) is 5.69 Å². The maximum Gasteiger partial charge on any atom is 0.423 e. The van der Waals surface area contributed by atoms with Gasteiger partial charge in [0, 0.05) is 0 Å². The highest BCUT2D eigenvalue weighted by atomic mass is 19.4. The highest BCUT2D eigenvalue weighted by Gasteiger charge is 2.40. The summed E-state index contributed by atoms with van der Waals surface area (Å²) in [6.45, 7) is 0. The number of H-pyrrole nitrogens is 1. The van der Waals surface area contributed by atoms with Gasteiger partial charge in [0.05, 0.1) is 21.5 Å². The highest BCUT2D eigenvalue weighted by molar-refractivity contribution is 5.82. The second kappa shape index (κ2) is 4.83. The van der Waals surface area contributed by atoms with E-state index in [4.69, 9.17) is 0 Å². The number of rotatable bonds is 2. The highest BCUT2D eigenvalue weighted by Crippen LogP contribution is 2.41. The third kappa shape index (κ3) is 2.28. The monoisotopic (exact) mass is 307 g/mol. The average Bonchev–Trinajstić information content (AvgIpc) is 2.89. The first kappa shape index (κ1) is 14.1. The number of nitrogens with one attached hydrogen (secondary N) is 1. The van der Waals surface area contributed by atoms with Gasteiger partial charge in [-0.25, -0.2) is 4.98 Å². The van der Waals surface area contributed by atoms with Gasteiger partial charge in [0.1, 0.15) is 11.4 Å². The first-order chi connectivity index (χ1) is 10.4. The minimum Gasteiger partial charge on any atom is -0.338 e. The number of alkyl halides is 3. The molecule has 0 spiro atoms. The fraction of sp³-hybridized carbons (Fsp3) is 0.0714. The molecule has 1 aromatic heterocycles. The van der Waals surface area contributed by atoms with Crippen LogP contribution in [0.25, 0.3) is 22.4 Å². The fourth-order valence-electron chi connectivity index (χ4n) is 2.24. The SMILES string of the molecule is O=[N+]([O-])c1c(-c2nc3ccccc3[nH]2)cccc1C(F)(F)F. The number of hydrogen-bond donors (Lipinski definition) is 1. The Kier molecular flexibility index (Phi) is 3.09. The Labute approximate surface area is 121 Å². The Morgan fingerprint density at radius 1 is 1.09 bits per heavy atom. The van der Waals surface area contributed by atoms with Crippen LogP contribution in [0.2, 0.25) is 0 Å². The van der Waals surface area contributed by atoms with E-state index in [0.29, 0.717) is 17.1 Å². The average molecular weight is 307 g/mol. The summed E-state index contributed by atoms with van der Waals surface area (Å²) in [5, 5.41) is 11.1. The van der Waals surface area contributed by atoms with Gasteiger partial charge in [-0.3, -0.25) is 10.1 Å². The van der Waals surface area contributed by atoms with Gasteiger partial charge in [-0.1, -0.05) is 18.2 Å². The number of fused-ring (bicyclic) bond motifs is 1. The van der Waals surface area contributed by atoms with Crippen LogP contribution in [0.4, 0.5) is 18.9 Å². The Morgan fingerprint density at radius 3 is 2.45 bits per heavy atom. The second-order valence-corrected chi connectivity index (χ2v) is 4.56. The fourth-order valence-corrected chi connectivity index (χ4v) is 2.24. The molecule has 0 unspecified atom stereocenters. The molecule has 0 aliphatic rings. The van der Waals surface area contributed by atoms with Gasteiger partial charge in [-0.05, 0) is 24.3 Å². The van der Waals surface area contributed by atoms with Crippen LogP contribution in [-0.2, 0) is 6.18 Å². The number of nitro groups is 1. The molecule has 22 heavy (non-hydrogen) atoms. The van der Waals surface area contributed by atoms with E-state index in [2.05, 4.69) is 9.97 Å². The lowest BCUT2D eigenvalue weighted by Crippen LogP contribution is -2.10. The lowest BCUT2D eigenvalue weighted by atomic mass is 10.1. The quantitative estimate of drug-likeness (QED) is 0.571. The van der Waals surface area contributed by atoms with Crippen LogP contribution in [0.5, 0.6) is 0 Å². The van der Waals surface area contributed by atoms with E-state index in [0.717, 1.165) is 6.07 Å². The molecule has 8 heteroatoms. The topological polar surface area (TPSA) is 71.8 Å². The Bertz CT molecular complexity index is 838. The van der Waals surface area contributed by atoms with Gasteiger partial charge in [-0.15, -0.1) is 0 Å². The van der Waals surface area contributed by atoms with Gasteiger partial charge >= 0.3 is 6.18 Å². The Balaban J connectivity index is 2.28. The molecule has 3 aromatic rings. The molecular formula is C14H8F3N3O2. The third-order valence-corrected chi connectivity index (χ3v) is 3.17. The number of nitrogens with zero attached hydrogens (tertiary/aromatic N) is 2. The Hall–Kier alpha value is -2.90. The molecule has 0 bridgehead atoms. The number of benzene rings is 2. The largest absolute Gasteiger partial charge is 0.423 e. The second-order valence-electron chi connectivity index (χ2n) is 4.56. The van der Waals surface area contributed by atoms with Crippen molar-refractivity contribution in [2.75, 3.05) is 0 Å². The van der Waals surface area contributed by atoms with Crippen LogP contribution in [0.1, 0.15) is 5.56 Å². The van der Waals surface area contributed by atoms with Gasteiger partial charge in [0.15, 0.2) is 0 Å². The number of nitro benzene ring substituents is 1. The number of aromatic nitrogens is 2.